The molecule has 0 aliphatic carbocycles. The fourth-order valence-electron chi connectivity index (χ4n) is 1.96. The SMILES string of the molecule is COc1ccc(CSc2cc(O[Si](C)C)cc(Cl)c2C)cc1. The molecule has 0 aromatic heterocycles. The number of hydrogen-bond donors (Lipinski definition) is 0. The fraction of sp³-hybridized carbons (Fsp3) is 0.294. The minimum absolute atomic E-state index is 0.762. The van der Waals surface area contributed by atoms with Crippen molar-refractivity contribution < 1.29 is 9.16 Å². The predicted octanol–water partition coefficient (Wildman–Crippen LogP) is 5.58. The first-order chi connectivity index (χ1) is 10.5. The molecule has 22 heavy (non-hydrogen) atoms. The maximum Gasteiger partial charge on any atom is 0.274 e. The van der Waals surface area contributed by atoms with Crippen molar-refractivity contribution in [1.29, 1.82) is 0 Å². The van der Waals surface area contributed by atoms with Gasteiger partial charge < -0.3 is 9.16 Å². The average Bonchev–Trinajstić information content (AvgIpc) is 2.49. The number of rotatable bonds is 6. The lowest BCUT2D eigenvalue weighted by atomic mass is 10.2. The topological polar surface area (TPSA) is 18.5 Å². The van der Waals surface area contributed by atoms with E-state index in [1.54, 1.807) is 18.9 Å². The average molecular weight is 352 g/mol. The lowest BCUT2D eigenvalue weighted by molar-refractivity contribution is 0.414. The van der Waals surface area contributed by atoms with Crippen LogP contribution in [0.4, 0.5) is 0 Å². The highest BCUT2D eigenvalue weighted by Crippen LogP contribution is 2.34. The summed E-state index contributed by atoms with van der Waals surface area (Å²) in [6.45, 7) is 6.28. The zero-order valence-electron chi connectivity index (χ0n) is 13.3. The molecule has 0 atom stereocenters. The van der Waals surface area contributed by atoms with Gasteiger partial charge in [0.25, 0.3) is 9.04 Å². The number of thioether (sulfide) groups is 1. The van der Waals surface area contributed by atoms with Crippen molar-refractivity contribution in [2.24, 2.45) is 0 Å². The third-order valence-corrected chi connectivity index (χ3v) is 5.39. The Morgan fingerprint density at radius 1 is 1.09 bits per heavy atom. The molecule has 0 bridgehead atoms. The standard InChI is InChI=1S/C17H20ClO2SSi/c1-12-16(18)9-15(20-22(3)4)10-17(12)21-11-13-5-7-14(19-2)8-6-13/h5-10H,11H2,1-4H3. The van der Waals surface area contributed by atoms with Crippen LogP contribution in [0.1, 0.15) is 11.1 Å². The van der Waals surface area contributed by atoms with Gasteiger partial charge in [-0.3, -0.25) is 0 Å². The third-order valence-electron chi connectivity index (χ3n) is 3.15. The zero-order valence-corrected chi connectivity index (χ0v) is 15.8. The number of hydrogen-bond acceptors (Lipinski definition) is 3. The van der Waals surface area contributed by atoms with Crippen LogP contribution in [0.15, 0.2) is 41.3 Å². The molecule has 2 rings (SSSR count). The normalized spacial score (nSPS) is 10.8. The van der Waals surface area contributed by atoms with Gasteiger partial charge in [0.2, 0.25) is 0 Å². The van der Waals surface area contributed by atoms with Crippen LogP contribution in [0, 0.1) is 6.92 Å². The van der Waals surface area contributed by atoms with E-state index >= 15 is 0 Å². The lowest BCUT2D eigenvalue weighted by Crippen LogP contribution is -2.11. The Morgan fingerprint density at radius 2 is 1.77 bits per heavy atom. The summed E-state index contributed by atoms with van der Waals surface area (Å²) < 4.78 is 11.0. The Morgan fingerprint density at radius 3 is 2.36 bits per heavy atom. The second-order valence-corrected chi connectivity index (χ2v) is 8.62. The summed E-state index contributed by atoms with van der Waals surface area (Å²) in [6, 6.07) is 12.1. The first kappa shape index (κ1) is 17.3. The molecule has 0 unspecified atom stereocenters. The Bertz CT molecular complexity index is 629. The summed E-state index contributed by atoms with van der Waals surface area (Å²) >= 11 is 8.10. The molecule has 2 aromatic rings. The first-order valence-corrected chi connectivity index (χ1v) is 10.8. The largest absolute Gasteiger partial charge is 0.543 e. The zero-order chi connectivity index (χ0) is 16.1. The Hall–Kier alpha value is -1.10. The monoisotopic (exact) mass is 351 g/mol. The van der Waals surface area contributed by atoms with Crippen molar-refractivity contribution in [3.63, 3.8) is 0 Å². The lowest BCUT2D eigenvalue weighted by Gasteiger charge is -2.13. The van der Waals surface area contributed by atoms with Gasteiger partial charge in [0.1, 0.15) is 11.5 Å². The van der Waals surface area contributed by atoms with E-state index < -0.39 is 9.04 Å². The molecule has 0 aliphatic heterocycles. The predicted molar refractivity (Wildman–Crippen MR) is 96.9 cm³/mol. The van der Waals surface area contributed by atoms with E-state index in [1.807, 2.05) is 25.1 Å². The smallest absolute Gasteiger partial charge is 0.274 e. The molecule has 1 radical (unpaired) electrons. The Balaban J connectivity index is 2.12. The Labute approximate surface area is 143 Å². The Kier molecular flexibility index (Phi) is 6.23. The summed E-state index contributed by atoms with van der Waals surface area (Å²) in [5, 5.41) is 0.762. The summed E-state index contributed by atoms with van der Waals surface area (Å²) in [6.07, 6.45) is 0. The van der Waals surface area contributed by atoms with Crippen LogP contribution in [-0.4, -0.2) is 16.2 Å². The van der Waals surface area contributed by atoms with Crippen molar-refractivity contribution in [2.45, 2.75) is 30.7 Å². The minimum atomic E-state index is -0.788. The van der Waals surface area contributed by atoms with Crippen LogP contribution in [-0.2, 0) is 5.75 Å². The van der Waals surface area contributed by atoms with Crippen molar-refractivity contribution in [3.8, 4) is 11.5 Å². The molecular weight excluding hydrogens is 332 g/mol. The van der Waals surface area contributed by atoms with Crippen molar-refractivity contribution >= 4 is 32.4 Å². The summed E-state index contributed by atoms with van der Waals surface area (Å²) in [7, 11) is 0.890. The van der Waals surface area contributed by atoms with Gasteiger partial charge in [0, 0.05) is 15.7 Å². The number of ether oxygens (including phenoxy) is 1. The first-order valence-electron chi connectivity index (χ1n) is 7.03. The second kappa shape index (κ2) is 7.95. The van der Waals surface area contributed by atoms with Crippen LogP contribution >= 0.6 is 23.4 Å². The van der Waals surface area contributed by atoms with Gasteiger partial charge in [-0.15, -0.1) is 11.8 Å². The van der Waals surface area contributed by atoms with E-state index in [0.717, 1.165) is 27.8 Å². The minimum Gasteiger partial charge on any atom is -0.543 e. The van der Waals surface area contributed by atoms with E-state index in [0.29, 0.717) is 0 Å². The molecule has 0 N–H and O–H groups in total. The summed E-state index contributed by atoms with van der Waals surface area (Å²) in [5.74, 6) is 2.64. The number of benzene rings is 2. The highest BCUT2D eigenvalue weighted by molar-refractivity contribution is 7.98. The molecule has 0 saturated carbocycles. The molecule has 0 fully saturated rings. The van der Waals surface area contributed by atoms with E-state index in [-0.39, 0.29) is 0 Å². The van der Waals surface area contributed by atoms with Gasteiger partial charge in [-0.2, -0.15) is 0 Å². The van der Waals surface area contributed by atoms with Gasteiger partial charge in [-0.1, -0.05) is 23.7 Å². The van der Waals surface area contributed by atoms with E-state index in [9.17, 15) is 0 Å². The molecular formula is C17H20ClO2SSi. The van der Waals surface area contributed by atoms with Gasteiger partial charge in [0.05, 0.1) is 7.11 Å². The van der Waals surface area contributed by atoms with Gasteiger partial charge in [0.15, 0.2) is 0 Å². The van der Waals surface area contributed by atoms with Crippen molar-refractivity contribution in [3.05, 3.63) is 52.5 Å². The molecule has 117 valence electrons. The summed E-state index contributed by atoms with van der Waals surface area (Å²) in [5.41, 5.74) is 2.36. The molecule has 0 aliphatic rings. The maximum atomic E-state index is 6.33. The van der Waals surface area contributed by atoms with Crippen molar-refractivity contribution in [1.82, 2.24) is 0 Å². The molecule has 0 spiro atoms. The molecule has 5 heteroatoms. The van der Waals surface area contributed by atoms with Crippen LogP contribution in [0.25, 0.3) is 0 Å². The van der Waals surface area contributed by atoms with Gasteiger partial charge in [-0.25, -0.2) is 0 Å². The molecule has 0 heterocycles. The highest BCUT2D eigenvalue weighted by Gasteiger charge is 2.09. The quantitative estimate of drug-likeness (QED) is 0.500. The van der Waals surface area contributed by atoms with Crippen LogP contribution < -0.4 is 9.16 Å². The van der Waals surface area contributed by atoms with E-state index in [4.69, 9.17) is 20.8 Å². The van der Waals surface area contributed by atoms with E-state index in [2.05, 4.69) is 31.3 Å². The van der Waals surface area contributed by atoms with Crippen LogP contribution in [0.3, 0.4) is 0 Å². The fourth-order valence-corrected chi connectivity index (χ4v) is 3.85. The van der Waals surface area contributed by atoms with Crippen LogP contribution in [0.5, 0.6) is 11.5 Å². The maximum absolute atomic E-state index is 6.33. The highest BCUT2D eigenvalue weighted by atomic mass is 35.5. The molecule has 2 aromatic carbocycles. The molecule has 2 nitrogen and oxygen atoms in total. The molecule has 0 saturated heterocycles. The molecule has 0 amide bonds. The van der Waals surface area contributed by atoms with Gasteiger partial charge in [-0.05, 0) is 55.4 Å². The van der Waals surface area contributed by atoms with E-state index in [1.165, 1.54) is 10.5 Å². The van der Waals surface area contributed by atoms with Crippen LogP contribution in [0.2, 0.25) is 18.1 Å². The number of methoxy groups -OCH3 is 1. The second-order valence-electron chi connectivity index (χ2n) is 5.18. The third kappa shape index (κ3) is 4.70. The number of halogens is 1. The van der Waals surface area contributed by atoms with Gasteiger partial charge >= 0.3 is 0 Å². The summed E-state index contributed by atoms with van der Waals surface area (Å²) in [4.78, 5) is 1.17. The van der Waals surface area contributed by atoms with Crippen molar-refractivity contribution in [2.75, 3.05) is 7.11 Å².